The minimum Gasteiger partial charge on any atom is -0.548 e. The fourth-order valence-corrected chi connectivity index (χ4v) is 3.22. The van der Waals surface area contributed by atoms with E-state index in [1.807, 2.05) is 68.4 Å². The first-order valence-corrected chi connectivity index (χ1v) is 9.30. The van der Waals surface area contributed by atoms with Gasteiger partial charge in [-0.3, -0.25) is 0 Å². The van der Waals surface area contributed by atoms with Crippen LogP contribution in [0.2, 0.25) is 0 Å². The van der Waals surface area contributed by atoms with Gasteiger partial charge in [0.15, 0.2) is 17.2 Å². The molecule has 2 aromatic carbocycles. The Bertz CT molecular complexity index is 1140. The molecule has 4 rings (SSSR count). The van der Waals surface area contributed by atoms with E-state index in [0.29, 0.717) is 34.7 Å². The van der Waals surface area contributed by atoms with Gasteiger partial charge in [0.2, 0.25) is 0 Å². The Morgan fingerprint density at radius 1 is 1.11 bits per heavy atom. The smallest absolute Gasteiger partial charge is 0.196 e. The van der Waals surface area contributed by atoms with Gasteiger partial charge in [0.25, 0.3) is 0 Å². The van der Waals surface area contributed by atoms with Crippen molar-refractivity contribution in [1.82, 2.24) is 9.97 Å². The van der Waals surface area contributed by atoms with Gasteiger partial charge in [-0.15, -0.1) is 0 Å². The molecule has 0 saturated carbocycles. The number of carbonyl (C=O) groups excluding carboxylic acids is 1. The number of para-hydroxylation sites is 1. The average molecular weight is 374 g/mol. The van der Waals surface area contributed by atoms with Gasteiger partial charge in [-0.2, -0.15) is 0 Å². The minimum absolute atomic E-state index is 0.139. The Labute approximate surface area is 162 Å². The molecule has 0 fully saturated rings. The maximum Gasteiger partial charge on any atom is 0.196 e. The number of benzene rings is 2. The van der Waals surface area contributed by atoms with E-state index in [1.54, 1.807) is 0 Å². The van der Waals surface area contributed by atoms with Gasteiger partial charge < -0.3 is 19.6 Å². The SMILES string of the molecule is CC[C@@H](C)[C@H](Nc1nc(-c2ccccc2)nc2c1oc1ccccc12)C(=O)[O-]. The van der Waals surface area contributed by atoms with Gasteiger partial charge in [0.1, 0.15) is 11.1 Å². The van der Waals surface area contributed by atoms with E-state index in [1.165, 1.54) is 0 Å². The number of fused-ring (bicyclic) bond motifs is 3. The molecule has 0 aliphatic rings. The number of anilines is 1. The zero-order valence-electron chi connectivity index (χ0n) is 15.7. The molecule has 1 N–H and O–H groups in total. The van der Waals surface area contributed by atoms with Gasteiger partial charge >= 0.3 is 0 Å². The Hall–Kier alpha value is -3.41. The summed E-state index contributed by atoms with van der Waals surface area (Å²) in [6, 6.07) is 16.3. The molecule has 2 aromatic heterocycles. The highest BCUT2D eigenvalue weighted by Crippen LogP contribution is 2.33. The highest BCUT2D eigenvalue weighted by atomic mass is 16.4. The number of carbonyl (C=O) groups is 1. The number of aromatic nitrogens is 2. The van der Waals surface area contributed by atoms with Crippen LogP contribution in [0.1, 0.15) is 20.3 Å². The predicted molar refractivity (Wildman–Crippen MR) is 107 cm³/mol. The third-order valence-corrected chi connectivity index (χ3v) is 5.01. The Balaban J connectivity index is 1.94. The second-order valence-electron chi connectivity index (χ2n) is 6.86. The first kappa shape index (κ1) is 18.0. The van der Waals surface area contributed by atoms with Crippen LogP contribution in [0.5, 0.6) is 0 Å². The number of nitrogens with zero attached hydrogens (tertiary/aromatic N) is 2. The highest BCUT2D eigenvalue weighted by Gasteiger charge is 2.22. The van der Waals surface area contributed by atoms with Crippen molar-refractivity contribution < 1.29 is 14.3 Å². The second-order valence-corrected chi connectivity index (χ2v) is 6.86. The van der Waals surface area contributed by atoms with Gasteiger partial charge in [-0.1, -0.05) is 62.7 Å². The molecule has 2 heterocycles. The number of hydrogen-bond donors (Lipinski definition) is 1. The first-order chi connectivity index (χ1) is 13.6. The van der Waals surface area contributed by atoms with Crippen molar-refractivity contribution >= 4 is 33.9 Å². The normalized spacial score (nSPS) is 13.5. The molecule has 4 aromatic rings. The van der Waals surface area contributed by atoms with Crippen LogP contribution in [0.3, 0.4) is 0 Å². The Morgan fingerprint density at radius 3 is 2.54 bits per heavy atom. The van der Waals surface area contributed by atoms with Crippen LogP contribution in [0, 0.1) is 5.92 Å². The zero-order chi connectivity index (χ0) is 19.7. The van der Waals surface area contributed by atoms with Gasteiger partial charge in [0, 0.05) is 10.9 Å². The number of carboxylic acids is 1. The van der Waals surface area contributed by atoms with Crippen LogP contribution >= 0.6 is 0 Å². The Morgan fingerprint density at radius 2 is 1.82 bits per heavy atom. The molecule has 6 nitrogen and oxygen atoms in total. The third-order valence-electron chi connectivity index (χ3n) is 5.01. The molecule has 2 atom stereocenters. The van der Waals surface area contributed by atoms with Gasteiger partial charge in [-0.05, 0) is 18.1 Å². The molecule has 0 bridgehead atoms. The van der Waals surface area contributed by atoms with Crippen molar-refractivity contribution in [2.24, 2.45) is 5.92 Å². The van der Waals surface area contributed by atoms with Crippen LogP contribution in [0.25, 0.3) is 33.5 Å². The van der Waals surface area contributed by atoms with E-state index < -0.39 is 12.0 Å². The maximum atomic E-state index is 11.7. The summed E-state index contributed by atoms with van der Waals surface area (Å²) >= 11 is 0. The lowest BCUT2D eigenvalue weighted by Gasteiger charge is -2.25. The number of furan rings is 1. The number of carboxylic acid groups (broad SMARTS) is 1. The lowest BCUT2D eigenvalue weighted by molar-refractivity contribution is -0.307. The number of nitrogens with one attached hydrogen (secondary N) is 1. The van der Waals surface area contributed by atoms with Gasteiger partial charge in [0.05, 0.1) is 12.0 Å². The molecular formula is C22H20N3O3-. The summed E-state index contributed by atoms with van der Waals surface area (Å²) in [5.74, 6) is -0.448. The van der Waals surface area contributed by atoms with Gasteiger partial charge in [-0.25, -0.2) is 9.97 Å². The molecule has 0 aliphatic carbocycles. The monoisotopic (exact) mass is 374 g/mol. The van der Waals surface area contributed by atoms with E-state index in [2.05, 4.69) is 10.3 Å². The minimum atomic E-state index is -1.17. The fourth-order valence-electron chi connectivity index (χ4n) is 3.22. The molecule has 142 valence electrons. The van der Waals surface area contributed by atoms with Crippen molar-refractivity contribution in [1.29, 1.82) is 0 Å². The average Bonchev–Trinajstić information content (AvgIpc) is 3.10. The van der Waals surface area contributed by atoms with Crippen LogP contribution in [-0.4, -0.2) is 22.0 Å². The maximum absolute atomic E-state index is 11.7. The first-order valence-electron chi connectivity index (χ1n) is 9.30. The van der Waals surface area contributed by atoms with Crippen LogP contribution in [-0.2, 0) is 4.79 Å². The molecule has 0 aliphatic heterocycles. The van der Waals surface area contributed by atoms with Crippen molar-refractivity contribution in [3.8, 4) is 11.4 Å². The Kier molecular flexibility index (Phi) is 4.69. The number of hydrogen-bond acceptors (Lipinski definition) is 6. The quantitative estimate of drug-likeness (QED) is 0.554. The summed E-state index contributed by atoms with van der Waals surface area (Å²) in [6.07, 6.45) is 0.686. The lowest BCUT2D eigenvalue weighted by atomic mass is 9.99. The molecule has 0 amide bonds. The third kappa shape index (κ3) is 3.17. The standard InChI is InChI=1S/C22H21N3O3/c1-3-13(2)17(22(26)27)23-21-19-18(15-11-7-8-12-16(15)28-19)24-20(25-21)14-9-5-4-6-10-14/h4-13,17H,3H2,1-2H3,(H,26,27)(H,23,24,25)/p-1/t13-,17+/m1/s1. The van der Waals surface area contributed by atoms with Crippen molar-refractivity contribution in [3.63, 3.8) is 0 Å². The van der Waals surface area contributed by atoms with Crippen molar-refractivity contribution in [3.05, 3.63) is 54.6 Å². The topological polar surface area (TPSA) is 91.1 Å². The summed E-state index contributed by atoms with van der Waals surface area (Å²) < 4.78 is 5.97. The highest BCUT2D eigenvalue weighted by molar-refractivity contribution is 6.06. The van der Waals surface area contributed by atoms with E-state index in [4.69, 9.17) is 9.40 Å². The fraction of sp³-hybridized carbons (Fsp3) is 0.227. The molecule has 0 spiro atoms. The molecule has 0 saturated heterocycles. The molecule has 28 heavy (non-hydrogen) atoms. The van der Waals surface area contributed by atoms with Crippen LogP contribution < -0.4 is 10.4 Å². The molecule has 0 unspecified atom stereocenters. The second kappa shape index (κ2) is 7.31. The van der Waals surface area contributed by atoms with Crippen LogP contribution in [0.4, 0.5) is 5.82 Å². The molecule has 0 radical (unpaired) electrons. The summed E-state index contributed by atoms with van der Waals surface area (Å²) in [4.78, 5) is 21.0. The van der Waals surface area contributed by atoms with E-state index in [-0.39, 0.29) is 5.92 Å². The van der Waals surface area contributed by atoms with Crippen molar-refractivity contribution in [2.45, 2.75) is 26.3 Å². The van der Waals surface area contributed by atoms with Crippen LogP contribution in [0.15, 0.2) is 59.0 Å². The zero-order valence-corrected chi connectivity index (χ0v) is 15.7. The summed E-state index contributed by atoms with van der Waals surface area (Å²) in [6.45, 7) is 3.80. The largest absolute Gasteiger partial charge is 0.548 e. The molecule has 6 heteroatoms. The van der Waals surface area contributed by atoms with E-state index >= 15 is 0 Å². The molecular weight excluding hydrogens is 354 g/mol. The van der Waals surface area contributed by atoms with Crippen molar-refractivity contribution in [2.75, 3.05) is 5.32 Å². The van der Waals surface area contributed by atoms with E-state index in [0.717, 1.165) is 10.9 Å². The number of rotatable bonds is 6. The van der Waals surface area contributed by atoms with E-state index in [9.17, 15) is 9.90 Å². The lowest BCUT2D eigenvalue weighted by Crippen LogP contribution is -2.45. The predicted octanol–water partition coefficient (Wildman–Crippen LogP) is 3.62. The summed E-state index contributed by atoms with van der Waals surface area (Å²) in [5, 5.41) is 15.6. The summed E-state index contributed by atoms with van der Waals surface area (Å²) in [7, 11) is 0. The number of aliphatic carboxylic acids is 1. The summed E-state index contributed by atoms with van der Waals surface area (Å²) in [5.41, 5.74) is 2.60.